The van der Waals surface area contributed by atoms with Gasteiger partial charge in [-0.3, -0.25) is 28.6 Å². The quantitative estimate of drug-likeness (QED) is 0.110. The molecule has 0 spiro atoms. The molecule has 0 bridgehead atoms. The molecule has 1 aliphatic carbocycles. The van der Waals surface area contributed by atoms with Crippen LogP contribution in [0.4, 0.5) is 0 Å². The maximum Gasteiger partial charge on any atom is 0.290 e. The fraction of sp³-hybridized carbons (Fsp3) is 0.431. The summed E-state index contributed by atoms with van der Waals surface area (Å²) in [7, 11) is 0. The molecule has 68 heavy (non-hydrogen) atoms. The van der Waals surface area contributed by atoms with Crippen molar-refractivity contribution in [2.45, 2.75) is 91.3 Å². The second kappa shape index (κ2) is 18.5. The van der Waals surface area contributed by atoms with Crippen LogP contribution in [0.5, 0.6) is 11.5 Å². The third-order valence-electron chi connectivity index (χ3n) is 14.4. The molecule has 3 aromatic heterocycles. The number of carbonyl (C=O) groups is 2. The van der Waals surface area contributed by atoms with Gasteiger partial charge in [-0.2, -0.15) is 0 Å². The van der Waals surface area contributed by atoms with Crippen LogP contribution in [0.2, 0.25) is 5.02 Å². The van der Waals surface area contributed by atoms with E-state index in [1.165, 1.54) is 16.5 Å². The number of aliphatic imine (C=N–C) groups is 1. The number of aromatic hydroxyl groups is 2. The fourth-order valence-corrected chi connectivity index (χ4v) is 11.2. The van der Waals surface area contributed by atoms with Gasteiger partial charge < -0.3 is 25.3 Å². The van der Waals surface area contributed by atoms with E-state index in [0.29, 0.717) is 45.8 Å². The highest BCUT2D eigenvalue weighted by Gasteiger charge is 2.40. The Balaban J connectivity index is 0.750. The van der Waals surface area contributed by atoms with E-state index in [2.05, 4.69) is 66.1 Å². The summed E-state index contributed by atoms with van der Waals surface area (Å²) < 4.78 is 3.79. The number of aromatic nitrogens is 6. The van der Waals surface area contributed by atoms with Crippen molar-refractivity contribution in [1.82, 2.24) is 49.5 Å². The number of amides is 2. The molecule has 1 saturated carbocycles. The first-order valence-electron chi connectivity index (χ1n) is 23.8. The third kappa shape index (κ3) is 9.06. The molecule has 1 atom stereocenters. The number of fused-ring (bicyclic) bond motifs is 3. The fourth-order valence-electron chi connectivity index (χ4n) is 9.87. The van der Waals surface area contributed by atoms with E-state index in [9.17, 15) is 19.8 Å². The van der Waals surface area contributed by atoms with Crippen LogP contribution in [0.1, 0.15) is 107 Å². The molecule has 6 heterocycles. The van der Waals surface area contributed by atoms with Gasteiger partial charge in [0.1, 0.15) is 28.4 Å². The van der Waals surface area contributed by atoms with Gasteiger partial charge in [0.05, 0.1) is 17.7 Å². The Labute approximate surface area is 405 Å². The average Bonchev–Trinajstić information content (AvgIpc) is 3.59. The number of thiophene rings is 1. The lowest BCUT2D eigenvalue weighted by atomic mass is 9.95. The first-order chi connectivity index (χ1) is 32.8. The molecule has 3 fully saturated rings. The van der Waals surface area contributed by atoms with Crippen molar-refractivity contribution in [2.24, 2.45) is 10.9 Å². The second-order valence-electron chi connectivity index (χ2n) is 19.2. The van der Waals surface area contributed by atoms with Crippen LogP contribution < -0.4 is 5.32 Å². The molecule has 2 saturated heterocycles. The number of nitrogens with one attached hydrogen (secondary N) is 1. The zero-order valence-electron chi connectivity index (χ0n) is 39.3. The molecule has 6 aromatic rings. The van der Waals surface area contributed by atoms with Crippen molar-refractivity contribution < 1.29 is 19.8 Å². The van der Waals surface area contributed by atoms with E-state index < -0.39 is 6.04 Å². The summed E-state index contributed by atoms with van der Waals surface area (Å²) in [6, 6.07) is 18.4. The first kappa shape index (κ1) is 45.8. The number of aryl methyl sites for hydroxylation is 3. The van der Waals surface area contributed by atoms with E-state index in [1.807, 2.05) is 62.1 Å². The van der Waals surface area contributed by atoms with Crippen LogP contribution >= 0.6 is 22.9 Å². The van der Waals surface area contributed by atoms with Crippen molar-refractivity contribution in [1.29, 1.82) is 0 Å². The summed E-state index contributed by atoms with van der Waals surface area (Å²) in [5.74, 6) is 2.10. The number of piperidine rings is 1. The predicted octanol–water partition coefficient (Wildman–Crippen LogP) is 7.75. The van der Waals surface area contributed by atoms with E-state index in [1.54, 1.807) is 22.0 Å². The van der Waals surface area contributed by atoms with Crippen LogP contribution in [0.3, 0.4) is 0 Å². The number of rotatable bonds is 12. The molecule has 10 rings (SSSR count). The average molecular weight is 957 g/mol. The second-order valence-corrected chi connectivity index (χ2v) is 20.9. The molecule has 354 valence electrons. The van der Waals surface area contributed by atoms with Crippen molar-refractivity contribution in [3.63, 3.8) is 0 Å². The Morgan fingerprint density at radius 3 is 2.25 bits per heavy atom. The van der Waals surface area contributed by atoms with Crippen molar-refractivity contribution >= 4 is 40.5 Å². The number of carbonyl (C=O) groups excluding carboxylic acids is 2. The standard InChI is InChI=1S/C51H58ClN11O4S/c1-6-35-25-39(42(65)27-41(35)64)46-56-58-48(49(67)54-51(5)17-18-51)63(46)38-13-7-33(8-14-38)28-59-21-23-60(24-22-59)29-34-15-19-61(20-16-34)43(66)26-40-47-57-55-32(4)62(47)50-44(30(2)31(3)68-50)45(53-40)36-9-11-37(52)12-10-36/h7-14,25,27,34,40,64-65H,6,15-24,26,28-29H2,1-5H3,(H,54,67)/t40-/m0/s1. The smallest absolute Gasteiger partial charge is 0.290 e. The van der Waals surface area contributed by atoms with Gasteiger partial charge in [0.15, 0.2) is 11.6 Å². The lowest BCUT2D eigenvalue weighted by Gasteiger charge is -2.39. The van der Waals surface area contributed by atoms with Crippen LogP contribution in [0.25, 0.3) is 22.1 Å². The molecular formula is C51H58ClN11O4S. The Hall–Kier alpha value is -5.94. The number of piperazine rings is 1. The molecule has 0 radical (unpaired) electrons. The van der Waals surface area contributed by atoms with Crippen LogP contribution in [-0.4, -0.2) is 123 Å². The maximum atomic E-state index is 14.1. The summed E-state index contributed by atoms with van der Waals surface area (Å²) in [6.45, 7) is 17.3. The van der Waals surface area contributed by atoms with Gasteiger partial charge in [-0.25, -0.2) is 0 Å². The SMILES string of the molecule is CCc1cc(-c2nnc(C(=O)NC3(C)CC3)n2-c2ccc(CN3CCN(CC4CCN(C(=O)C[C@@H]5N=C(c6ccc(Cl)cc6)c6c(sc(C)c6C)-n6c(C)nnc65)CC4)CC3)cc2)c(O)cc1O. The first-order valence-corrected chi connectivity index (χ1v) is 25.0. The Bertz CT molecular complexity index is 2900. The molecule has 0 unspecified atom stereocenters. The number of halogens is 1. The van der Waals surface area contributed by atoms with E-state index in [-0.39, 0.29) is 41.1 Å². The molecule has 3 aliphatic heterocycles. The van der Waals surface area contributed by atoms with Crippen LogP contribution in [-0.2, 0) is 17.8 Å². The lowest BCUT2D eigenvalue weighted by Crippen LogP contribution is -2.48. The molecular weight excluding hydrogens is 898 g/mol. The Kier molecular flexibility index (Phi) is 12.5. The summed E-state index contributed by atoms with van der Waals surface area (Å²) in [6.07, 6.45) is 4.52. The molecule has 3 N–H and O–H groups in total. The number of phenols is 2. The summed E-state index contributed by atoms with van der Waals surface area (Å²) in [5, 5.41) is 43.9. The minimum atomic E-state index is -0.481. The highest BCUT2D eigenvalue weighted by molar-refractivity contribution is 7.15. The zero-order valence-corrected chi connectivity index (χ0v) is 40.9. The third-order valence-corrected chi connectivity index (χ3v) is 15.8. The van der Waals surface area contributed by atoms with Gasteiger partial charge in [-0.1, -0.05) is 42.8 Å². The normalized spacial score (nSPS) is 18.5. The van der Waals surface area contributed by atoms with Crippen molar-refractivity contribution in [3.05, 3.63) is 116 Å². The minimum Gasteiger partial charge on any atom is -0.508 e. The van der Waals surface area contributed by atoms with Gasteiger partial charge in [0.25, 0.3) is 5.91 Å². The summed E-state index contributed by atoms with van der Waals surface area (Å²) in [4.78, 5) is 41.3. The summed E-state index contributed by atoms with van der Waals surface area (Å²) in [5.41, 5.74) is 6.68. The number of benzene rings is 3. The predicted molar refractivity (Wildman–Crippen MR) is 264 cm³/mol. The number of hydrogen-bond donors (Lipinski definition) is 3. The van der Waals surface area contributed by atoms with Crippen molar-refractivity contribution in [2.75, 3.05) is 45.8 Å². The molecule has 17 heteroatoms. The van der Waals surface area contributed by atoms with Crippen LogP contribution in [0, 0.1) is 26.7 Å². The minimum absolute atomic E-state index is 0.00689. The zero-order chi connectivity index (χ0) is 47.4. The van der Waals surface area contributed by atoms with Crippen molar-refractivity contribution in [3.8, 4) is 33.6 Å². The summed E-state index contributed by atoms with van der Waals surface area (Å²) >= 11 is 8.02. The van der Waals surface area contributed by atoms with Gasteiger partial charge in [-0.15, -0.1) is 31.7 Å². The molecule has 4 aliphatic rings. The highest BCUT2D eigenvalue weighted by Crippen LogP contribution is 2.41. The Morgan fingerprint density at radius 1 is 0.853 bits per heavy atom. The van der Waals surface area contributed by atoms with E-state index in [4.69, 9.17) is 16.6 Å². The van der Waals surface area contributed by atoms with E-state index >= 15 is 0 Å². The number of hydrogen-bond acceptors (Lipinski definition) is 12. The van der Waals surface area contributed by atoms with Gasteiger partial charge in [0, 0.05) is 90.7 Å². The van der Waals surface area contributed by atoms with Gasteiger partial charge >= 0.3 is 0 Å². The van der Waals surface area contributed by atoms with Gasteiger partial charge in [0.2, 0.25) is 11.7 Å². The molecule has 2 amide bonds. The largest absolute Gasteiger partial charge is 0.508 e. The van der Waals surface area contributed by atoms with Gasteiger partial charge in [-0.05, 0) is 113 Å². The topological polar surface area (TPSA) is 170 Å². The van der Waals surface area contributed by atoms with Crippen LogP contribution in [0.15, 0.2) is 65.7 Å². The Morgan fingerprint density at radius 2 is 1.56 bits per heavy atom. The van der Waals surface area contributed by atoms with E-state index in [0.717, 1.165) is 111 Å². The molecule has 15 nitrogen and oxygen atoms in total. The monoisotopic (exact) mass is 955 g/mol. The lowest BCUT2D eigenvalue weighted by molar-refractivity contribution is -0.133. The number of nitrogens with zero attached hydrogens (tertiary/aromatic N) is 10. The maximum absolute atomic E-state index is 14.1. The number of phenolic OH excluding ortho intramolecular Hbond substituents is 2. The number of likely N-dealkylation sites (tertiary alicyclic amines) is 1. The molecule has 3 aromatic carbocycles. The highest BCUT2D eigenvalue weighted by atomic mass is 35.5.